The number of H-pyrrole nitrogens is 1. The molecule has 3 N–H and O–H groups in total. The second-order valence-corrected chi connectivity index (χ2v) is 8.23. The first-order valence-corrected chi connectivity index (χ1v) is 10.0. The van der Waals surface area contributed by atoms with Gasteiger partial charge in [0.05, 0.1) is 23.8 Å². The Labute approximate surface area is 176 Å². The summed E-state index contributed by atoms with van der Waals surface area (Å²) in [5.41, 5.74) is 3.51. The minimum absolute atomic E-state index is 0.235. The SMILES string of the molecule is CC1(CNc2ncc3c(-c4ccn5ncc(C(=O)NCC(F)F)c5c4)c[nH]c3n2)CC1. The van der Waals surface area contributed by atoms with Crippen LogP contribution in [0.1, 0.15) is 30.1 Å². The Kier molecular flexibility index (Phi) is 4.57. The maximum absolute atomic E-state index is 12.4. The number of pyridine rings is 1. The standard InChI is InChI=1S/C21H21F2N7O/c1-21(3-4-21)11-27-20-26-8-14-13(7-24-18(14)29-20)12-2-5-30-16(6-12)15(9-28-30)19(31)25-10-17(22)23/h2,5-9,17H,3-4,10-11H2,1H3,(H,25,31)(H2,24,26,27,29). The van der Waals surface area contributed by atoms with Crippen molar-refractivity contribution in [3.05, 3.63) is 42.5 Å². The molecule has 0 bridgehead atoms. The van der Waals surface area contributed by atoms with Gasteiger partial charge in [0.2, 0.25) is 5.95 Å². The topological polar surface area (TPSA) is 100 Å². The van der Waals surface area contributed by atoms with Crippen molar-refractivity contribution in [3.8, 4) is 11.1 Å². The molecule has 4 heterocycles. The highest BCUT2D eigenvalue weighted by Crippen LogP contribution is 2.44. The first-order valence-electron chi connectivity index (χ1n) is 10.0. The molecule has 0 aliphatic heterocycles. The molecule has 160 valence electrons. The molecule has 0 radical (unpaired) electrons. The molecule has 0 aromatic carbocycles. The molecule has 5 rings (SSSR count). The quantitative estimate of drug-likeness (QED) is 0.421. The maximum Gasteiger partial charge on any atom is 0.255 e. The first kappa shape index (κ1) is 19.4. The number of carbonyl (C=O) groups is 1. The van der Waals surface area contributed by atoms with Crippen molar-refractivity contribution in [3.63, 3.8) is 0 Å². The van der Waals surface area contributed by atoms with Crippen LogP contribution in [0.4, 0.5) is 14.7 Å². The molecule has 4 aromatic heterocycles. The average molecular weight is 425 g/mol. The number of fused-ring (bicyclic) bond motifs is 2. The summed E-state index contributed by atoms with van der Waals surface area (Å²) in [6, 6.07) is 3.66. The van der Waals surface area contributed by atoms with Crippen LogP contribution in [0.2, 0.25) is 0 Å². The maximum atomic E-state index is 12.4. The molecule has 1 amide bonds. The Morgan fingerprint density at radius 3 is 2.97 bits per heavy atom. The van der Waals surface area contributed by atoms with Gasteiger partial charge in [-0.05, 0) is 36.0 Å². The molecule has 0 spiro atoms. The Morgan fingerprint density at radius 1 is 1.35 bits per heavy atom. The predicted molar refractivity (Wildman–Crippen MR) is 112 cm³/mol. The van der Waals surface area contributed by atoms with Crippen LogP contribution >= 0.6 is 0 Å². The van der Waals surface area contributed by atoms with E-state index in [0.29, 0.717) is 22.5 Å². The number of nitrogens with zero attached hydrogens (tertiary/aromatic N) is 4. The second-order valence-electron chi connectivity index (χ2n) is 8.23. The summed E-state index contributed by atoms with van der Waals surface area (Å²) in [7, 11) is 0. The van der Waals surface area contributed by atoms with E-state index in [1.165, 1.54) is 23.6 Å². The molecule has 8 nitrogen and oxygen atoms in total. The highest BCUT2D eigenvalue weighted by molar-refractivity contribution is 6.02. The van der Waals surface area contributed by atoms with E-state index in [4.69, 9.17) is 0 Å². The van der Waals surface area contributed by atoms with E-state index >= 15 is 0 Å². The summed E-state index contributed by atoms with van der Waals surface area (Å²) in [4.78, 5) is 24.5. The third kappa shape index (κ3) is 3.80. The van der Waals surface area contributed by atoms with E-state index in [-0.39, 0.29) is 5.56 Å². The van der Waals surface area contributed by atoms with Gasteiger partial charge in [-0.1, -0.05) is 6.92 Å². The molecular formula is C21H21F2N7O. The number of rotatable bonds is 7. The van der Waals surface area contributed by atoms with Gasteiger partial charge in [0.1, 0.15) is 5.65 Å². The third-order valence-corrected chi connectivity index (χ3v) is 5.70. The van der Waals surface area contributed by atoms with Gasteiger partial charge in [-0.15, -0.1) is 0 Å². The average Bonchev–Trinajstić information content (AvgIpc) is 3.17. The largest absolute Gasteiger partial charge is 0.354 e. The molecule has 1 saturated carbocycles. The molecule has 0 atom stereocenters. The van der Waals surface area contributed by atoms with Gasteiger partial charge in [0.15, 0.2) is 0 Å². The van der Waals surface area contributed by atoms with Crippen molar-refractivity contribution in [2.24, 2.45) is 5.41 Å². The lowest BCUT2D eigenvalue weighted by Gasteiger charge is -2.09. The van der Waals surface area contributed by atoms with Gasteiger partial charge in [-0.2, -0.15) is 10.1 Å². The van der Waals surface area contributed by atoms with Gasteiger partial charge < -0.3 is 15.6 Å². The number of carbonyl (C=O) groups excluding carboxylic acids is 1. The zero-order valence-electron chi connectivity index (χ0n) is 16.8. The molecule has 10 heteroatoms. The normalized spacial score (nSPS) is 15.0. The number of hydrogen-bond acceptors (Lipinski definition) is 5. The molecule has 0 unspecified atom stereocenters. The number of halogens is 2. The number of amides is 1. The van der Waals surface area contributed by atoms with Crippen molar-refractivity contribution in [2.75, 3.05) is 18.4 Å². The zero-order chi connectivity index (χ0) is 21.6. The summed E-state index contributed by atoms with van der Waals surface area (Å²) in [6.07, 6.45) is 6.52. The highest BCUT2D eigenvalue weighted by Gasteiger charge is 2.37. The second kappa shape index (κ2) is 7.29. The van der Waals surface area contributed by atoms with Crippen LogP contribution in [0.3, 0.4) is 0 Å². The van der Waals surface area contributed by atoms with Gasteiger partial charge in [-0.25, -0.2) is 18.3 Å². The Bertz CT molecular complexity index is 1280. The van der Waals surface area contributed by atoms with E-state index in [0.717, 1.165) is 23.1 Å². The monoisotopic (exact) mass is 425 g/mol. The van der Waals surface area contributed by atoms with Crippen LogP contribution in [0, 0.1) is 5.41 Å². The predicted octanol–water partition coefficient (Wildman–Crippen LogP) is 3.48. The minimum Gasteiger partial charge on any atom is -0.354 e. The van der Waals surface area contributed by atoms with Gasteiger partial charge >= 0.3 is 0 Å². The van der Waals surface area contributed by atoms with E-state index in [9.17, 15) is 13.6 Å². The minimum atomic E-state index is -2.61. The van der Waals surface area contributed by atoms with Gasteiger partial charge in [0, 0.05) is 36.1 Å². The lowest BCUT2D eigenvalue weighted by molar-refractivity contribution is 0.0893. The molecule has 1 aliphatic rings. The Balaban J connectivity index is 1.44. The number of aromatic nitrogens is 5. The first-order chi connectivity index (χ1) is 14.9. The summed E-state index contributed by atoms with van der Waals surface area (Å²) >= 11 is 0. The number of anilines is 1. The summed E-state index contributed by atoms with van der Waals surface area (Å²) in [5.74, 6) is -0.00645. The fourth-order valence-corrected chi connectivity index (χ4v) is 3.50. The highest BCUT2D eigenvalue weighted by atomic mass is 19.3. The van der Waals surface area contributed by atoms with Crippen LogP contribution in [-0.4, -0.2) is 50.0 Å². The summed E-state index contributed by atoms with van der Waals surface area (Å²) < 4.78 is 26.4. The van der Waals surface area contributed by atoms with E-state index in [2.05, 4.69) is 37.6 Å². The van der Waals surface area contributed by atoms with Crippen molar-refractivity contribution in [1.29, 1.82) is 0 Å². The third-order valence-electron chi connectivity index (χ3n) is 5.70. The fraction of sp³-hybridized carbons (Fsp3) is 0.333. The summed E-state index contributed by atoms with van der Waals surface area (Å²) in [6.45, 7) is 2.38. The van der Waals surface area contributed by atoms with Crippen molar-refractivity contribution in [1.82, 2.24) is 29.9 Å². The molecule has 4 aromatic rings. The van der Waals surface area contributed by atoms with E-state index in [1.54, 1.807) is 18.5 Å². The van der Waals surface area contributed by atoms with Crippen LogP contribution in [0.15, 0.2) is 36.9 Å². The molecule has 0 saturated heterocycles. The smallest absolute Gasteiger partial charge is 0.255 e. The van der Waals surface area contributed by atoms with Gasteiger partial charge in [0.25, 0.3) is 12.3 Å². The van der Waals surface area contributed by atoms with Crippen molar-refractivity contribution < 1.29 is 13.6 Å². The summed E-state index contributed by atoms with van der Waals surface area (Å²) in [5, 5.41) is 10.5. The number of aromatic amines is 1. The van der Waals surface area contributed by atoms with E-state index in [1.807, 2.05) is 12.3 Å². The molecule has 1 fully saturated rings. The van der Waals surface area contributed by atoms with Crippen LogP contribution in [-0.2, 0) is 0 Å². The zero-order valence-corrected chi connectivity index (χ0v) is 16.8. The lowest BCUT2D eigenvalue weighted by Crippen LogP contribution is -2.28. The number of alkyl halides is 2. The number of hydrogen-bond donors (Lipinski definition) is 3. The lowest BCUT2D eigenvalue weighted by atomic mass is 10.1. The fourth-order valence-electron chi connectivity index (χ4n) is 3.50. The van der Waals surface area contributed by atoms with E-state index < -0.39 is 18.9 Å². The Hall–Kier alpha value is -3.56. The van der Waals surface area contributed by atoms with Crippen LogP contribution in [0.25, 0.3) is 27.7 Å². The van der Waals surface area contributed by atoms with Crippen molar-refractivity contribution >= 4 is 28.4 Å². The molecular weight excluding hydrogens is 404 g/mol. The van der Waals surface area contributed by atoms with Crippen LogP contribution in [0.5, 0.6) is 0 Å². The molecule has 31 heavy (non-hydrogen) atoms. The van der Waals surface area contributed by atoms with Gasteiger partial charge in [-0.3, -0.25) is 4.79 Å². The Morgan fingerprint density at radius 2 is 2.19 bits per heavy atom. The van der Waals surface area contributed by atoms with Crippen molar-refractivity contribution in [2.45, 2.75) is 26.2 Å². The number of nitrogens with one attached hydrogen (secondary N) is 3. The van der Waals surface area contributed by atoms with Crippen LogP contribution < -0.4 is 10.6 Å². The molecule has 1 aliphatic carbocycles.